The van der Waals surface area contributed by atoms with E-state index >= 15 is 0 Å². The molecule has 0 spiro atoms. The summed E-state index contributed by atoms with van der Waals surface area (Å²) in [4.78, 5) is 50.6. The summed E-state index contributed by atoms with van der Waals surface area (Å²) in [5.74, 6) is -2.99. The Balaban J connectivity index is 1.45. The summed E-state index contributed by atoms with van der Waals surface area (Å²) in [6.45, 7) is 7.95. The van der Waals surface area contributed by atoms with Crippen molar-refractivity contribution < 1.29 is 48.0 Å². The highest BCUT2D eigenvalue weighted by Crippen LogP contribution is 2.43. The Morgan fingerprint density at radius 2 is 1.68 bits per heavy atom. The topological polar surface area (TPSA) is 147 Å². The van der Waals surface area contributed by atoms with E-state index in [0.29, 0.717) is 24.0 Å². The molecule has 2 aliphatic heterocycles. The van der Waals surface area contributed by atoms with E-state index in [0.717, 1.165) is 38.5 Å². The third-order valence-electron chi connectivity index (χ3n) is 8.75. The van der Waals surface area contributed by atoms with Crippen LogP contribution in [-0.4, -0.2) is 78.9 Å². The number of hydrogen-bond acceptors (Lipinski definition) is 10. The number of amides is 1. The molecule has 2 fully saturated rings. The molecule has 3 aliphatic rings. The summed E-state index contributed by atoms with van der Waals surface area (Å²) < 4.78 is 29.6. The second-order valence-electron chi connectivity index (χ2n) is 13.2. The molecule has 4 atom stereocenters. The Hall–Kier alpha value is -3.54. The minimum absolute atomic E-state index is 0.105. The maximum absolute atomic E-state index is 13.4. The Kier molecular flexibility index (Phi) is 12.8. The highest BCUT2D eigenvalue weighted by molar-refractivity contribution is 5.94. The first-order chi connectivity index (χ1) is 22.5. The molecule has 0 bridgehead atoms. The molecule has 1 aliphatic carbocycles. The van der Waals surface area contributed by atoms with Crippen molar-refractivity contribution in [3.05, 3.63) is 53.1 Å². The fraction of sp³-hybridized carbons (Fsp3) is 0.611. The lowest BCUT2D eigenvalue weighted by Crippen LogP contribution is -2.43. The molecule has 47 heavy (non-hydrogen) atoms. The zero-order chi connectivity index (χ0) is 34.0. The van der Waals surface area contributed by atoms with Gasteiger partial charge in [0.1, 0.15) is 24.9 Å². The van der Waals surface area contributed by atoms with Gasteiger partial charge in [0.25, 0.3) is 0 Å². The third-order valence-corrected chi connectivity index (χ3v) is 8.75. The number of nitrogens with one attached hydrogen (secondary N) is 1. The van der Waals surface area contributed by atoms with Crippen molar-refractivity contribution in [1.82, 2.24) is 5.32 Å². The number of rotatable bonds is 16. The van der Waals surface area contributed by atoms with E-state index < -0.39 is 53.5 Å². The van der Waals surface area contributed by atoms with Crippen molar-refractivity contribution in [1.29, 1.82) is 0 Å². The average Bonchev–Trinajstić information content (AvgIpc) is 3.55. The highest BCUT2D eigenvalue weighted by atomic mass is 16.8. The van der Waals surface area contributed by atoms with Crippen molar-refractivity contribution in [3.63, 3.8) is 0 Å². The number of fused-ring (bicyclic) bond motifs is 1. The average molecular weight is 656 g/mol. The van der Waals surface area contributed by atoms with Crippen molar-refractivity contribution in [2.24, 2.45) is 5.41 Å². The second-order valence-corrected chi connectivity index (χ2v) is 13.2. The zero-order valence-corrected chi connectivity index (χ0v) is 28.0. The minimum Gasteiger partial charge on any atom is -0.462 e. The first-order valence-corrected chi connectivity index (χ1v) is 16.8. The number of cyclic esters (lactones) is 1. The monoisotopic (exact) mass is 655 g/mol. The van der Waals surface area contributed by atoms with Crippen LogP contribution in [0.3, 0.4) is 0 Å². The molecule has 2 saturated heterocycles. The lowest BCUT2D eigenvalue weighted by molar-refractivity contribution is -0.190. The number of ether oxygens (including phenoxy) is 5. The van der Waals surface area contributed by atoms with Crippen molar-refractivity contribution in [3.8, 4) is 0 Å². The molecule has 11 nitrogen and oxygen atoms in total. The van der Waals surface area contributed by atoms with Crippen LogP contribution >= 0.6 is 0 Å². The van der Waals surface area contributed by atoms with Crippen LogP contribution < -0.4 is 5.32 Å². The number of unbranched alkanes of at least 4 members (excludes halogenated alkanes) is 4. The van der Waals surface area contributed by atoms with Gasteiger partial charge < -0.3 is 34.1 Å². The van der Waals surface area contributed by atoms with Gasteiger partial charge in [-0.25, -0.2) is 14.4 Å². The number of carbonyl (C=O) groups excluding carboxylic acids is 4. The summed E-state index contributed by atoms with van der Waals surface area (Å²) in [6, 6.07) is 6.49. The first kappa shape index (κ1) is 36.3. The number of carbonyl (C=O) groups is 4. The molecule has 0 saturated carbocycles. The lowest BCUT2D eigenvalue weighted by Gasteiger charge is -2.31. The van der Waals surface area contributed by atoms with Crippen molar-refractivity contribution in [2.75, 3.05) is 19.8 Å². The smallest absolute Gasteiger partial charge is 0.348 e. The summed E-state index contributed by atoms with van der Waals surface area (Å²) in [7, 11) is 0. The van der Waals surface area contributed by atoms with Crippen LogP contribution in [0, 0.1) is 5.41 Å². The van der Waals surface area contributed by atoms with Gasteiger partial charge in [0.2, 0.25) is 12.0 Å². The number of aliphatic hydroxyl groups excluding tert-OH is 1. The fourth-order valence-electron chi connectivity index (χ4n) is 6.07. The molecule has 11 heteroatoms. The molecule has 1 aromatic carbocycles. The Morgan fingerprint density at radius 1 is 1.00 bits per heavy atom. The fourth-order valence-corrected chi connectivity index (χ4v) is 6.07. The van der Waals surface area contributed by atoms with Crippen LogP contribution in [0.1, 0.15) is 101 Å². The summed E-state index contributed by atoms with van der Waals surface area (Å²) in [6.07, 6.45) is 9.26. The molecular weight excluding hydrogens is 606 g/mol. The minimum atomic E-state index is -0.973. The van der Waals surface area contributed by atoms with Gasteiger partial charge in [-0.3, -0.25) is 4.79 Å². The Labute approximate surface area is 277 Å². The third kappa shape index (κ3) is 9.52. The van der Waals surface area contributed by atoms with Gasteiger partial charge in [-0.15, -0.1) is 0 Å². The molecule has 4 rings (SSSR count). The van der Waals surface area contributed by atoms with Gasteiger partial charge >= 0.3 is 17.9 Å². The predicted molar refractivity (Wildman–Crippen MR) is 173 cm³/mol. The van der Waals surface area contributed by atoms with Crippen LogP contribution in [-0.2, 0) is 38.1 Å². The number of hydrogen-bond donors (Lipinski definition) is 2. The first-order valence-electron chi connectivity index (χ1n) is 16.8. The molecular formula is C36H49NO10. The predicted octanol–water partition coefficient (Wildman–Crippen LogP) is 4.80. The van der Waals surface area contributed by atoms with Crippen LogP contribution in [0.5, 0.6) is 0 Å². The van der Waals surface area contributed by atoms with Crippen LogP contribution in [0.4, 0.5) is 0 Å². The van der Waals surface area contributed by atoms with Crippen molar-refractivity contribution in [2.45, 2.75) is 116 Å². The molecule has 2 heterocycles. The van der Waals surface area contributed by atoms with Crippen LogP contribution in [0.25, 0.3) is 6.08 Å². The Bertz CT molecular complexity index is 1310. The molecule has 0 aromatic heterocycles. The molecule has 258 valence electrons. The standard InChI is InChI=1S/C36H49NO10/c1-5-7-9-17-36(18-10-8-6-2)46-28-22-26(32(40)37-19-20-38)21-27(30(28)47-36)44-33(41)25-14-11-24(12-15-25)13-16-29(39)45-31-34(42)43-23-35(31,3)4/h11-16,22,27-28,30-31,38H,5-10,17-21,23H2,1-4H3,(H,37,40)/t27-,28-,30+,31+/m1/s1. The van der Waals surface area contributed by atoms with E-state index in [-0.39, 0.29) is 37.6 Å². The number of esters is 3. The van der Waals surface area contributed by atoms with Crippen molar-refractivity contribution >= 4 is 29.9 Å². The van der Waals surface area contributed by atoms with E-state index in [4.69, 9.17) is 23.7 Å². The van der Waals surface area contributed by atoms with Gasteiger partial charge in [-0.2, -0.15) is 0 Å². The molecule has 0 unspecified atom stereocenters. The van der Waals surface area contributed by atoms with Gasteiger partial charge in [0.15, 0.2) is 5.79 Å². The van der Waals surface area contributed by atoms with Gasteiger partial charge in [0.05, 0.1) is 12.2 Å². The van der Waals surface area contributed by atoms with Gasteiger partial charge in [0, 0.05) is 42.9 Å². The molecule has 0 radical (unpaired) electrons. The normalized spacial score (nSPS) is 24.4. The van der Waals surface area contributed by atoms with Crippen LogP contribution in [0.2, 0.25) is 0 Å². The quantitative estimate of drug-likeness (QED) is 0.110. The van der Waals surface area contributed by atoms with Gasteiger partial charge in [-0.1, -0.05) is 65.5 Å². The number of benzene rings is 1. The maximum atomic E-state index is 13.4. The van der Waals surface area contributed by atoms with Gasteiger partial charge in [-0.05, 0) is 42.7 Å². The Morgan fingerprint density at radius 3 is 2.28 bits per heavy atom. The SMILES string of the molecule is CCCCCC1(CCCCC)O[C@@H]2[C@@H](C=C(C(=O)NCCO)C[C@H]2OC(=O)c2ccc(C=CC(=O)O[C@H]3C(=O)OCC3(C)C)cc2)O1. The van der Waals surface area contributed by atoms with E-state index in [1.54, 1.807) is 44.2 Å². The molecule has 2 N–H and O–H groups in total. The van der Waals surface area contributed by atoms with Crippen LogP contribution in [0.15, 0.2) is 42.0 Å². The van der Waals surface area contributed by atoms with E-state index in [1.807, 2.05) is 0 Å². The molecule has 1 amide bonds. The second kappa shape index (κ2) is 16.5. The van der Waals surface area contributed by atoms with E-state index in [1.165, 1.54) is 12.2 Å². The lowest BCUT2D eigenvalue weighted by atomic mass is 9.90. The molecule has 1 aromatic rings. The highest BCUT2D eigenvalue weighted by Gasteiger charge is 2.52. The largest absolute Gasteiger partial charge is 0.462 e. The zero-order valence-electron chi connectivity index (χ0n) is 28.0. The van der Waals surface area contributed by atoms with E-state index in [2.05, 4.69) is 19.2 Å². The van der Waals surface area contributed by atoms with E-state index in [9.17, 15) is 24.3 Å². The number of aliphatic hydroxyl groups is 1. The maximum Gasteiger partial charge on any atom is 0.348 e. The summed E-state index contributed by atoms with van der Waals surface area (Å²) in [5.41, 5.74) is 0.725. The summed E-state index contributed by atoms with van der Waals surface area (Å²) >= 11 is 0. The summed E-state index contributed by atoms with van der Waals surface area (Å²) in [5, 5.41) is 11.9.